The molecule has 0 aromatic heterocycles. The summed E-state index contributed by atoms with van der Waals surface area (Å²) in [5.41, 5.74) is 0. The van der Waals surface area contributed by atoms with E-state index < -0.39 is 185 Å². The van der Waals surface area contributed by atoms with Crippen LogP contribution in [0, 0.1) is 17.8 Å². The average Bonchev–Trinajstić information content (AvgIpc) is 3.27. The van der Waals surface area contributed by atoms with Crippen LogP contribution in [0.4, 0.5) is 0 Å². The summed E-state index contributed by atoms with van der Waals surface area (Å²) in [6.07, 6.45) is -20.5. The Balaban J connectivity index is 0.0000137. The van der Waals surface area contributed by atoms with Gasteiger partial charge in [0.2, 0.25) is 43.0 Å². The van der Waals surface area contributed by atoms with Crippen LogP contribution in [0.3, 0.4) is 0 Å². The van der Waals surface area contributed by atoms with Crippen molar-refractivity contribution in [3.8, 4) is 0 Å². The van der Waals surface area contributed by atoms with Crippen molar-refractivity contribution in [2.24, 2.45) is 17.8 Å². The molecular formula is C38H61N3Na4O27S3. The Morgan fingerprint density at radius 3 is 1.88 bits per heavy atom. The maximum Gasteiger partial charge on any atom is 1.00 e. The van der Waals surface area contributed by atoms with Crippen molar-refractivity contribution in [2.45, 2.75) is 170 Å². The molecule has 4 rings (SSSR count). The van der Waals surface area contributed by atoms with Crippen molar-refractivity contribution in [3.05, 3.63) is 0 Å². The molecule has 0 aromatic rings. The van der Waals surface area contributed by atoms with Gasteiger partial charge in [0, 0.05) is 25.9 Å². The molecule has 30 nitrogen and oxygen atoms in total. The second-order valence-electron chi connectivity index (χ2n) is 17.6. The zero-order valence-electron chi connectivity index (χ0n) is 42.5. The molecule has 2 saturated carbocycles. The standard InChI is InChI=1S/C38H65N3O27S3.4Na/c1-4-20-13-21(34(48)39-10-11-40-35(49)32(68-71(58,59)60)25(67-70(55,56)57)16-61-69(52,53)54)14-22(31(20)66-38-30(47)29(46)27(44)17(2)62-38)64-37-26(41-18(3)43)33(28(45)24(15-42)65-37)63-23(36(50)51)12-19-8-6-5-7-9-19;;;;/h17,19-33,37-38,42,44-47H,4-16H2,1-3H3,(H,39,48)(H,40,49)(H,41,43)(H,50,51)(H,52,53,54)(H,55,56,57)(H,58,59,60);;;;/q;4*+1/p-4/t17?,20?,21?,22-,23+,24+,25+,26?,27-,28+,29+,30?,31-,32+,33?,37-,38+;;;;/m1..../s1. The third-order valence-corrected chi connectivity index (χ3v) is 13.8. The Hall–Kier alpha value is 1.09. The van der Waals surface area contributed by atoms with E-state index in [-0.39, 0.29) is 150 Å². The number of aliphatic carboxylic acids is 1. The van der Waals surface area contributed by atoms with Gasteiger partial charge in [0.1, 0.15) is 48.8 Å². The summed E-state index contributed by atoms with van der Waals surface area (Å²) in [5.74, 6) is -6.70. The third kappa shape index (κ3) is 24.4. The topological polar surface area (TPSA) is 474 Å². The molecule has 0 bridgehead atoms. The largest absolute Gasteiger partial charge is 1.00 e. The number of carboxylic acids is 1. The maximum atomic E-state index is 13.9. The van der Waals surface area contributed by atoms with Crippen LogP contribution in [-0.2, 0) is 86.6 Å². The van der Waals surface area contributed by atoms with Crippen LogP contribution in [0.25, 0.3) is 0 Å². The van der Waals surface area contributed by atoms with E-state index in [0.29, 0.717) is 12.8 Å². The van der Waals surface area contributed by atoms with Gasteiger partial charge in [-0.25, -0.2) is 25.3 Å². The Kier molecular flexibility index (Phi) is 35.1. The summed E-state index contributed by atoms with van der Waals surface area (Å²) < 4.78 is 143. The number of amides is 3. The number of carbonyl (C=O) groups is 4. The van der Waals surface area contributed by atoms with E-state index >= 15 is 0 Å². The van der Waals surface area contributed by atoms with Gasteiger partial charge in [-0.3, -0.25) is 26.9 Å². The number of carbonyl (C=O) groups excluding carboxylic acids is 4. The molecule has 37 heteroatoms. The summed E-state index contributed by atoms with van der Waals surface area (Å²) in [4.78, 5) is 52.1. The van der Waals surface area contributed by atoms with Gasteiger partial charge in [0.15, 0.2) is 18.7 Å². The molecule has 6 unspecified atom stereocenters. The molecule has 3 amide bonds. The average molecular weight is 1180 g/mol. The number of hydrogen-bond acceptors (Lipinski definition) is 27. The van der Waals surface area contributed by atoms with Gasteiger partial charge < -0.3 is 88.7 Å². The van der Waals surface area contributed by atoms with Crippen molar-refractivity contribution in [1.29, 1.82) is 0 Å². The Morgan fingerprint density at radius 1 is 0.747 bits per heavy atom. The molecule has 2 heterocycles. The van der Waals surface area contributed by atoms with E-state index in [0.717, 1.165) is 26.2 Å². The van der Waals surface area contributed by atoms with Crippen molar-refractivity contribution < 1.29 is 243 Å². The smallest absolute Gasteiger partial charge is 0.726 e. The fourth-order valence-corrected chi connectivity index (χ4v) is 10.3. The van der Waals surface area contributed by atoms with E-state index in [2.05, 4.69) is 23.2 Å². The number of hydrogen-bond donors (Lipinski definition) is 8. The van der Waals surface area contributed by atoms with Crippen LogP contribution in [0.15, 0.2) is 0 Å². The van der Waals surface area contributed by atoms with Crippen molar-refractivity contribution in [1.82, 2.24) is 16.0 Å². The van der Waals surface area contributed by atoms with Gasteiger partial charge in [0.25, 0.3) is 5.91 Å². The summed E-state index contributed by atoms with van der Waals surface area (Å²) >= 11 is 0. The zero-order chi connectivity index (χ0) is 53.2. The minimum Gasteiger partial charge on any atom is -0.726 e. The van der Waals surface area contributed by atoms with Gasteiger partial charge in [-0.05, 0) is 38.0 Å². The van der Waals surface area contributed by atoms with E-state index in [1.54, 1.807) is 6.92 Å². The second-order valence-corrected chi connectivity index (χ2v) is 20.7. The van der Waals surface area contributed by atoms with Crippen LogP contribution in [0.5, 0.6) is 0 Å². The number of aliphatic hydroxyl groups is 5. The molecule has 17 atom stereocenters. The first-order valence-electron chi connectivity index (χ1n) is 22.5. The van der Waals surface area contributed by atoms with Crippen LogP contribution in [-0.4, -0.2) is 206 Å². The minimum absolute atomic E-state index is 0. The van der Waals surface area contributed by atoms with E-state index in [9.17, 15) is 88.7 Å². The molecule has 4 fully saturated rings. The monoisotopic (exact) mass is 1180 g/mol. The SMILES string of the molecule is CCC1CC(C(=O)NCCNC(=O)[C@@H](OS(=O)(=O)[O-])[C@H](COS(=O)(=O)[O-])OS(=O)(=O)[O-])C[C@@H](O[C@@H]2O[C@@H](CO)[C@H](O)C(O[C@@H](CC3CCCCC3)C(=O)[O-])C2NC(C)=O)[C@@H]1O[C@@H]1OC(C)[C@@H](O)[C@H](O)C1O.[Na+].[Na+].[Na+].[Na+]. The van der Waals surface area contributed by atoms with Gasteiger partial charge in [-0.2, -0.15) is 0 Å². The van der Waals surface area contributed by atoms with Gasteiger partial charge in [0.05, 0.1) is 43.6 Å². The quantitative estimate of drug-likeness (QED) is 0.0182. The third-order valence-electron chi connectivity index (χ3n) is 12.5. The summed E-state index contributed by atoms with van der Waals surface area (Å²) in [5, 5.41) is 73.1. The molecule has 8 N–H and O–H groups in total. The van der Waals surface area contributed by atoms with Crippen LogP contribution < -0.4 is 139 Å². The first-order valence-corrected chi connectivity index (χ1v) is 26.5. The molecule has 0 radical (unpaired) electrons. The second kappa shape index (κ2) is 34.6. The number of ether oxygens (including phenoxy) is 5. The van der Waals surface area contributed by atoms with Crippen molar-refractivity contribution >= 4 is 54.9 Å². The molecule has 2 aliphatic heterocycles. The van der Waals surface area contributed by atoms with Gasteiger partial charge >= 0.3 is 118 Å². The van der Waals surface area contributed by atoms with Crippen LogP contribution in [0.1, 0.15) is 78.6 Å². The number of aliphatic hydroxyl groups excluding tert-OH is 5. The Morgan fingerprint density at radius 2 is 1.35 bits per heavy atom. The zero-order valence-corrected chi connectivity index (χ0v) is 53.0. The first kappa shape index (κ1) is 76.1. The maximum absolute atomic E-state index is 13.9. The fourth-order valence-electron chi connectivity index (χ4n) is 9.05. The summed E-state index contributed by atoms with van der Waals surface area (Å²) in [6.45, 7) is 0.262. The number of nitrogens with one attached hydrogen (secondary N) is 3. The number of rotatable bonds is 25. The predicted octanol–water partition coefficient (Wildman–Crippen LogP) is -18.5. The molecular weight excluding hydrogens is 1120 g/mol. The van der Waals surface area contributed by atoms with E-state index in [1.165, 1.54) is 6.92 Å². The Labute approximate surface area is 522 Å². The number of carboxylic acid groups (broad SMARTS) is 1. The molecule has 412 valence electrons. The molecule has 75 heavy (non-hydrogen) atoms. The predicted molar refractivity (Wildman–Crippen MR) is 224 cm³/mol. The minimum atomic E-state index is -5.96. The van der Waals surface area contributed by atoms with Crippen LogP contribution >= 0.6 is 0 Å². The fraction of sp³-hybridized carbons (Fsp3) is 0.895. The van der Waals surface area contributed by atoms with Crippen molar-refractivity contribution in [3.63, 3.8) is 0 Å². The summed E-state index contributed by atoms with van der Waals surface area (Å²) in [6, 6.07) is -1.52. The molecule has 4 aliphatic rings. The molecule has 2 aliphatic carbocycles. The normalized spacial score (nSPS) is 31.8. The molecule has 2 saturated heterocycles. The van der Waals surface area contributed by atoms with Gasteiger partial charge in [-0.15, -0.1) is 0 Å². The van der Waals surface area contributed by atoms with Gasteiger partial charge in [-0.1, -0.05) is 45.4 Å². The molecule has 0 aromatic carbocycles. The molecule has 0 spiro atoms. The van der Waals surface area contributed by atoms with E-state index in [1.807, 2.05) is 5.32 Å². The van der Waals surface area contributed by atoms with Crippen molar-refractivity contribution in [2.75, 3.05) is 26.3 Å². The first-order chi connectivity index (χ1) is 33.0. The Bertz CT molecular complexity index is 2140. The summed E-state index contributed by atoms with van der Waals surface area (Å²) in [7, 11) is -17.6. The van der Waals surface area contributed by atoms with Crippen LogP contribution in [0.2, 0.25) is 0 Å². The van der Waals surface area contributed by atoms with E-state index in [4.69, 9.17) is 23.7 Å².